The highest BCUT2D eigenvalue weighted by molar-refractivity contribution is 5.36. The molecule has 1 heterocycles. The second-order valence-electron chi connectivity index (χ2n) is 3.11. The summed E-state index contributed by atoms with van der Waals surface area (Å²) in [5.41, 5.74) is 1.88. The molecule has 58 valence electrons. The summed E-state index contributed by atoms with van der Waals surface area (Å²) in [6.45, 7) is 4.16. The van der Waals surface area contributed by atoms with Gasteiger partial charge in [-0.05, 0) is 5.92 Å². The van der Waals surface area contributed by atoms with Gasteiger partial charge in [0.05, 0.1) is 12.0 Å². The smallest absolute Gasteiger partial charge is 0.254 e. The Labute approximate surface area is 64.5 Å². The molecular weight excluding hydrogens is 140 g/mol. The summed E-state index contributed by atoms with van der Waals surface area (Å²) < 4.78 is 0. The van der Waals surface area contributed by atoms with Crippen LogP contribution in [0.15, 0.2) is 11.1 Å². The lowest BCUT2D eigenvalue weighted by molar-refractivity contribution is 0.509. The molecule has 2 unspecified atom stereocenters. The van der Waals surface area contributed by atoms with E-state index in [1.54, 1.807) is 0 Å². The van der Waals surface area contributed by atoms with E-state index in [0.29, 0.717) is 11.8 Å². The Morgan fingerprint density at radius 1 is 1.45 bits per heavy atom. The van der Waals surface area contributed by atoms with Crippen molar-refractivity contribution < 1.29 is 0 Å². The second kappa shape index (κ2) is 1.94. The third-order valence-electron chi connectivity index (χ3n) is 2.56. The van der Waals surface area contributed by atoms with Crippen LogP contribution in [0, 0.1) is 0 Å². The minimum Gasteiger partial charge on any atom is -0.313 e. The minimum absolute atomic E-state index is 0.0283. The lowest BCUT2D eigenvalue weighted by Crippen LogP contribution is -2.31. The van der Waals surface area contributed by atoms with Gasteiger partial charge in [0.1, 0.15) is 0 Å². The van der Waals surface area contributed by atoms with Gasteiger partial charge in [-0.1, -0.05) is 13.8 Å². The van der Waals surface area contributed by atoms with Crippen molar-refractivity contribution in [2.75, 3.05) is 0 Å². The zero-order valence-corrected chi connectivity index (χ0v) is 6.59. The zero-order chi connectivity index (χ0) is 8.01. The fourth-order valence-electron chi connectivity index (χ4n) is 1.62. The van der Waals surface area contributed by atoms with Crippen molar-refractivity contribution in [2.24, 2.45) is 0 Å². The standard InChI is InChI=1S/C8H10N2O/c1-4-5(2)7-6(4)8(11)10-3-9-7/h3-5H,1-2H3,(H,9,10,11). The topological polar surface area (TPSA) is 45.8 Å². The number of hydrogen-bond acceptors (Lipinski definition) is 2. The number of fused-ring (bicyclic) bond motifs is 1. The van der Waals surface area contributed by atoms with Gasteiger partial charge < -0.3 is 4.98 Å². The maximum atomic E-state index is 11.2. The van der Waals surface area contributed by atoms with Crippen LogP contribution in [0.1, 0.15) is 36.9 Å². The van der Waals surface area contributed by atoms with Gasteiger partial charge in [0.15, 0.2) is 0 Å². The third-order valence-corrected chi connectivity index (χ3v) is 2.56. The Hall–Kier alpha value is -1.12. The van der Waals surface area contributed by atoms with Crippen LogP contribution in [0.3, 0.4) is 0 Å². The fraction of sp³-hybridized carbons (Fsp3) is 0.500. The van der Waals surface area contributed by atoms with Gasteiger partial charge in [-0.15, -0.1) is 0 Å². The number of nitrogens with zero attached hydrogens (tertiary/aromatic N) is 1. The maximum Gasteiger partial charge on any atom is 0.254 e. The van der Waals surface area contributed by atoms with E-state index in [1.807, 2.05) is 0 Å². The first-order chi connectivity index (χ1) is 5.22. The number of H-pyrrole nitrogens is 1. The van der Waals surface area contributed by atoms with Crippen LogP contribution in [-0.4, -0.2) is 9.97 Å². The summed E-state index contributed by atoms with van der Waals surface area (Å²) in [4.78, 5) is 17.8. The predicted molar refractivity (Wildman–Crippen MR) is 41.7 cm³/mol. The van der Waals surface area contributed by atoms with Gasteiger partial charge in [0, 0.05) is 11.5 Å². The SMILES string of the molecule is CC1c2nc[nH]c(=O)c2C1C. The van der Waals surface area contributed by atoms with Gasteiger partial charge in [0.25, 0.3) is 5.56 Å². The van der Waals surface area contributed by atoms with Crippen LogP contribution >= 0.6 is 0 Å². The Kier molecular flexibility index (Phi) is 1.16. The van der Waals surface area contributed by atoms with Gasteiger partial charge in [-0.2, -0.15) is 0 Å². The molecule has 1 aliphatic carbocycles. The van der Waals surface area contributed by atoms with Crippen LogP contribution in [0.2, 0.25) is 0 Å². The molecule has 0 amide bonds. The molecule has 0 saturated carbocycles. The van der Waals surface area contributed by atoms with E-state index < -0.39 is 0 Å². The van der Waals surface area contributed by atoms with E-state index in [0.717, 1.165) is 11.3 Å². The second-order valence-corrected chi connectivity index (χ2v) is 3.11. The van der Waals surface area contributed by atoms with Crippen LogP contribution < -0.4 is 5.56 Å². The van der Waals surface area contributed by atoms with Crippen molar-refractivity contribution in [2.45, 2.75) is 25.7 Å². The van der Waals surface area contributed by atoms with E-state index in [9.17, 15) is 4.79 Å². The first-order valence-corrected chi connectivity index (χ1v) is 3.79. The molecule has 0 saturated heterocycles. The van der Waals surface area contributed by atoms with Crippen LogP contribution in [0.5, 0.6) is 0 Å². The average molecular weight is 150 g/mol. The molecule has 1 aromatic heterocycles. The van der Waals surface area contributed by atoms with Gasteiger partial charge in [-0.25, -0.2) is 4.98 Å². The van der Waals surface area contributed by atoms with Crippen LogP contribution in [-0.2, 0) is 0 Å². The van der Waals surface area contributed by atoms with Crippen molar-refractivity contribution in [3.8, 4) is 0 Å². The average Bonchev–Trinajstić information content (AvgIpc) is 2.03. The van der Waals surface area contributed by atoms with Crippen molar-refractivity contribution in [3.05, 3.63) is 27.9 Å². The molecule has 0 aliphatic heterocycles. The highest BCUT2D eigenvalue weighted by Gasteiger charge is 2.34. The number of hydrogen-bond donors (Lipinski definition) is 1. The van der Waals surface area contributed by atoms with Crippen molar-refractivity contribution in [1.29, 1.82) is 0 Å². The third kappa shape index (κ3) is 0.679. The molecule has 3 heteroatoms. The lowest BCUT2D eigenvalue weighted by atomic mass is 9.74. The normalized spacial score (nSPS) is 27.5. The predicted octanol–water partition coefficient (Wildman–Crippen LogP) is 0.990. The molecule has 0 spiro atoms. The minimum atomic E-state index is 0.0283. The first-order valence-electron chi connectivity index (χ1n) is 3.79. The molecule has 0 aromatic carbocycles. The molecule has 3 nitrogen and oxygen atoms in total. The van der Waals surface area contributed by atoms with Crippen molar-refractivity contribution in [3.63, 3.8) is 0 Å². The van der Waals surface area contributed by atoms with Gasteiger partial charge in [0.2, 0.25) is 0 Å². The Bertz CT molecular complexity index is 342. The summed E-state index contributed by atoms with van der Waals surface area (Å²) in [7, 11) is 0. The zero-order valence-electron chi connectivity index (χ0n) is 6.59. The Morgan fingerprint density at radius 3 is 2.82 bits per heavy atom. The summed E-state index contributed by atoms with van der Waals surface area (Å²) >= 11 is 0. The summed E-state index contributed by atoms with van der Waals surface area (Å²) in [6.07, 6.45) is 1.48. The summed E-state index contributed by atoms with van der Waals surface area (Å²) in [6, 6.07) is 0. The van der Waals surface area contributed by atoms with Crippen LogP contribution in [0.25, 0.3) is 0 Å². The lowest BCUT2D eigenvalue weighted by Gasteiger charge is -2.31. The molecule has 0 fully saturated rings. The number of aromatic nitrogens is 2. The highest BCUT2D eigenvalue weighted by Crippen LogP contribution is 2.41. The molecule has 1 aromatic rings. The molecule has 1 N–H and O–H groups in total. The Morgan fingerprint density at radius 2 is 2.18 bits per heavy atom. The number of aromatic amines is 1. The fourth-order valence-corrected chi connectivity index (χ4v) is 1.62. The van der Waals surface area contributed by atoms with E-state index in [1.165, 1.54) is 6.33 Å². The molecule has 2 rings (SSSR count). The quantitative estimate of drug-likeness (QED) is 0.599. The van der Waals surface area contributed by atoms with Crippen molar-refractivity contribution in [1.82, 2.24) is 9.97 Å². The molecule has 0 bridgehead atoms. The number of rotatable bonds is 0. The molecule has 2 atom stereocenters. The monoisotopic (exact) mass is 150 g/mol. The summed E-state index contributed by atoms with van der Waals surface area (Å²) in [5.74, 6) is 0.828. The molecule has 0 radical (unpaired) electrons. The maximum absolute atomic E-state index is 11.2. The first kappa shape index (κ1) is 6.58. The largest absolute Gasteiger partial charge is 0.313 e. The summed E-state index contributed by atoms with van der Waals surface area (Å²) in [5, 5.41) is 0. The highest BCUT2D eigenvalue weighted by atomic mass is 16.1. The number of nitrogens with one attached hydrogen (secondary N) is 1. The van der Waals surface area contributed by atoms with Crippen molar-refractivity contribution >= 4 is 0 Å². The van der Waals surface area contributed by atoms with E-state index in [4.69, 9.17) is 0 Å². The van der Waals surface area contributed by atoms with Gasteiger partial charge in [-0.3, -0.25) is 4.79 Å². The molecular formula is C8H10N2O. The molecule has 11 heavy (non-hydrogen) atoms. The van der Waals surface area contributed by atoms with E-state index >= 15 is 0 Å². The van der Waals surface area contributed by atoms with Crippen LogP contribution in [0.4, 0.5) is 0 Å². The Balaban J connectivity index is 2.66. The van der Waals surface area contributed by atoms with Gasteiger partial charge >= 0.3 is 0 Å². The van der Waals surface area contributed by atoms with E-state index in [2.05, 4.69) is 23.8 Å². The molecule has 1 aliphatic rings. The van der Waals surface area contributed by atoms with E-state index in [-0.39, 0.29) is 5.56 Å².